The molecule has 5 N–H and O–H groups in total. The van der Waals surface area contributed by atoms with Gasteiger partial charge in [0, 0.05) is 6.54 Å². The van der Waals surface area contributed by atoms with Gasteiger partial charge in [0.1, 0.15) is 0 Å². The second kappa shape index (κ2) is 5.98. The quantitative estimate of drug-likeness (QED) is 0.258. The Hall–Kier alpha value is -2.13. The molecule has 1 aromatic rings. The summed E-state index contributed by atoms with van der Waals surface area (Å²) in [6, 6.07) is 8.70. The molecule has 0 spiro atoms. The van der Waals surface area contributed by atoms with Crippen molar-refractivity contribution in [2.24, 2.45) is 16.0 Å². The van der Waals surface area contributed by atoms with Gasteiger partial charge in [-0.25, -0.2) is 13.1 Å². The number of nitrogens with zero attached hydrogens (tertiary/aromatic N) is 2. The van der Waals surface area contributed by atoms with E-state index in [4.69, 9.17) is 16.1 Å². The van der Waals surface area contributed by atoms with E-state index in [2.05, 4.69) is 15.0 Å². The third-order valence-corrected chi connectivity index (χ3v) is 3.31. The molecule has 0 saturated carbocycles. The van der Waals surface area contributed by atoms with E-state index >= 15 is 0 Å². The minimum Gasteiger partial charge on any atom is -0.410 e. The summed E-state index contributed by atoms with van der Waals surface area (Å²) in [7, 11) is -4.15. The second-order valence-corrected chi connectivity index (χ2v) is 4.88. The van der Waals surface area contributed by atoms with Crippen molar-refractivity contribution in [1.29, 1.82) is 0 Å². The predicted octanol–water partition coefficient (Wildman–Crippen LogP) is -0.360. The van der Waals surface area contributed by atoms with Gasteiger partial charge < -0.3 is 16.1 Å². The van der Waals surface area contributed by atoms with Crippen molar-refractivity contribution in [3.8, 4) is 0 Å². The van der Waals surface area contributed by atoms with Gasteiger partial charge in [0.25, 0.3) is 15.1 Å². The first kappa shape index (κ1) is 13.9. The van der Waals surface area contributed by atoms with Crippen LogP contribution in [0.1, 0.15) is 5.56 Å². The fourth-order valence-electron chi connectivity index (χ4n) is 1.13. The molecule has 0 atom stereocenters. The maximum atomic E-state index is 11.7. The molecule has 1 rings (SSSR count). The first-order valence-corrected chi connectivity index (χ1v) is 6.23. The Bertz CT molecular complexity index is 553. The van der Waals surface area contributed by atoms with E-state index in [0.29, 0.717) is 5.56 Å². The Kier molecular flexibility index (Phi) is 4.63. The molecule has 9 heteroatoms. The maximum absolute atomic E-state index is 11.7. The number of amidine groups is 1. The molecule has 0 fully saturated rings. The van der Waals surface area contributed by atoms with Crippen LogP contribution in [0.3, 0.4) is 0 Å². The van der Waals surface area contributed by atoms with Crippen molar-refractivity contribution in [3.63, 3.8) is 0 Å². The fourth-order valence-corrected chi connectivity index (χ4v) is 2.05. The summed E-state index contributed by atoms with van der Waals surface area (Å²) in [6.45, 7) is -0.0130. The van der Waals surface area contributed by atoms with Gasteiger partial charge in [-0.1, -0.05) is 40.6 Å². The highest BCUT2D eigenvalue weighted by Crippen LogP contribution is 2.00. The summed E-state index contributed by atoms with van der Waals surface area (Å²) in [4.78, 5) is 0. The Morgan fingerprint density at radius 1 is 1.22 bits per heavy atom. The van der Waals surface area contributed by atoms with Crippen LogP contribution in [0.5, 0.6) is 0 Å². The molecule has 0 aromatic heterocycles. The molecule has 0 amide bonds. The summed E-state index contributed by atoms with van der Waals surface area (Å²) in [6.07, 6.45) is 0. The average molecular weight is 272 g/mol. The van der Waals surface area contributed by atoms with Crippen LogP contribution in [-0.4, -0.2) is 29.7 Å². The molecule has 18 heavy (non-hydrogen) atoms. The van der Waals surface area contributed by atoms with E-state index < -0.39 is 20.9 Å². The number of oxime groups is 2. The molecule has 0 heterocycles. The lowest BCUT2D eigenvalue weighted by molar-refractivity contribution is 0.314. The number of sulfonamides is 1. The van der Waals surface area contributed by atoms with Crippen molar-refractivity contribution in [3.05, 3.63) is 35.9 Å². The number of hydrogen-bond acceptors (Lipinski definition) is 6. The van der Waals surface area contributed by atoms with Crippen molar-refractivity contribution in [2.75, 3.05) is 0 Å². The molecular weight excluding hydrogens is 260 g/mol. The molecule has 0 saturated heterocycles. The van der Waals surface area contributed by atoms with E-state index in [9.17, 15) is 8.42 Å². The lowest BCUT2D eigenvalue weighted by Crippen LogP contribution is -2.39. The third-order valence-electron chi connectivity index (χ3n) is 1.98. The van der Waals surface area contributed by atoms with Crippen LogP contribution in [0.2, 0.25) is 0 Å². The normalized spacial score (nSPS) is 13.6. The van der Waals surface area contributed by atoms with Gasteiger partial charge >= 0.3 is 0 Å². The summed E-state index contributed by atoms with van der Waals surface area (Å²) < 4.78 is 25.5. The minimum atomic E-state index is -4.15. The van der Waals surface area contributed by atoms with Crippen LogP contribution < -0.4 is 10.5 Å². The molecule has 0 aliphatic heterocycles. The highest BCUT2D eigenvalue weighted by molar-refractivity contribution is 8.06. The first-order valence-electron chi connectivity index (χ1n) is 4.75. The first-order chi connectivity index (χ1) is 8.51. The summed E-state index contributed by atoms with van der Waals surface area (Å²) in [5.41, 5.74) is 5.78. The lowest BCUT2D eigenvalue weighted by Gasteiger charge is -2.06. The van der Waals surface area contributed by atoms with Crippen LogP contribution in [0.4, 0.5) is 0 Å². The number of hydrogen-bond donors (Lipinski definition) is 4. The molecular formula is C9H12N4O4S. The van der Waals surface area contributed by atoms with Gasteiger partial charge in [0.15, 0.2) is 0 Å². The predicted molar refractivity (Wildman–Crippen MR) is 64.8 cm³/mol. The summed E-state index contributed by atoms with van der Waals surface area (Å²) >= 11 is 0. The molecule has 0 radical (unpaired) electrons. The van der Waals surface area contributed by atoms with Crippen molar-refractivity contribution < 1.29 is 18.8 Å². The summed E-state index contributed by atoms with van der Waals surface area (Å²) in [5, 5.41) is 20.9. The van der Waals surface area contributed by atoms with Crippen molar-refractivity contribution in [1.82, 2.24) is 4.72 Å². The maximum Gasteiger partial charge on any atom is 0.265 e. The largest absolute Gasteiger partial charge is 0.410 e. The van der Waals surface area contributed by atoms with Crippen molar-refractivity contribution in [2.45, 2.75) is 6.54 Å². The summed E-state index contributed by atoms with van der Waals surface area (Å²) in [5.74, 6) is -0.807. The van der Waals surface area contributed by atoms with Crippen LogP contribution in [0.25, 0.3) is 0 Å². The monoisotopic (exact) mass is 272 g/mol. The van der Waals surface area contributed by atoms with E-state index in [0.717, 1.165) is 0 Å². The van der Waals surface area contributed by atoms with Gasteiger partial charge in [-0.15, -0.1) is 0 Å². The minimum absolute atomic E-state index is 0.0130. The smallest absolute Gasteiger partial charge is 0.265 e. The highest BCUT2D eigenvalue weighted by atomic mass is 32.2. The van der Waals surface area contributed by atoms with Crippen molar-refractivity contribution >= 4 is 20.9 Å². The van der Waals surface area contributed by atoms with Crippen LogP contribution >= 0.6 is 0 Å². The highest BCUT2D eigenvalue weighted by Gasteiger charge is 2.24. The van der Waals surface area contributed by atoms with Gasteiger partial charge in [0.2, 0.25) is 5.84 Å². The molecule has 0 aliphatic rings. The van der Waals surface area contributed by atoms with Crippen LogP contribution in [-0.2, 0) is 16.6 Å². The average Bonchev–Trinajstić information content (AvgIpc) is 2.38. The third kappa shape index (κ3) is 3.43. The zero-order valence-corrected chi connectivity index (χ0v) is 10.0. The SMILES string of the molecule is NC(=NO)C(=NO)S(=O)(=O)NCc1ccccc1. The van der Waals surface area contributed by atoms with Gasteiger partial charge in [0.05, 0.1) is 0 Å². The molecule has 1 aromatic carbocycles. The van der Waals surface area contributed by atoms with E-state index in [1.165, 1.54) is 0 Å². The van der Waals surface area contributed by atoms with E-state index in [-0.39, 0.29) is 6.54 Å². The molecule has 98 valence electrons. The standard InChI is InChI=1S/C9H12N4O4S/c10-8(12-14)9(13-15)18(16,17)11-6-7-4-2-1-3-5-7/h1-5,11,14-15H,6H2,(H2,10,12). The number of benzene rings is 1. The number of nitrogens with two attached hydrogens (primary N) is 1. The van der Waals surface area contributed by atoms with Gasteiger partial charge in [-0.05, 0) is 5.56 Å². The zero-order valence-electron chi connectivity index (χ0n) is 9.18. The Balaban J connectivity index is 2.83. The number of rotatable bonds is 3. The Morgan fingerprint density at radius 2 is 1.83 bits per heavy atom. The Labute approximate surface area is 103 Å². The Morgan fingerprint density at radius 3 is 2.33 bits per heavy atom. The fraction of sp³-hybridized carbons (Fsp3) is 0.111. The van der Waals surface area contributed by atoms with Crippen LogP contribution in [0.15, 0.2) is 40.6 Å². The van der Waals surface area contributed by atoms with Gasteiger partial charge in [-0.3, -0.25) is 0 Å². The lowest BCUT2D eigenvalue weighted by atomic mass is 10.2. The van der Waals surface area contributed by atoms with Gasteiger partial charge in [-0.2, -0.15) is 0 Å². The molecule has 8 nitrogen and oxygen atoms in total. The second-order valence-electron chi connectivity index (χ2n) is 3.20. The molecule has 0 bridgehead atoms. The molecule has 0 aliphatic carbocycles. The topological polar surface area (TPSA) is 137 Å². The van der Waals surface area contributed by atoms with Crippen LogP contribution in [0, 0.1) is 0 Å². The van der Waals surface area contributed by atoms with E-state index in [1.807, 2.05) is 0 Å². The molecule has 0 unspecified atom stereocenters. The van der Waals surface area contributed by atoms with E-state index in [1.54, 1.807) is 30.3 Å². The number of nitrogens with one attached hydrogen (secondary N) is 1. The zero-order chi connectivity index (χ0) is 13.6.